The van der Waals surface area contributed by atoms with E-state index in [1.165, 1.54) is 7.11 Å². The second-order valence-corrected chi connectivity index (χ2v) is 7.19. The summed E-state index contributed by atoms with van der Waals surface area (Å²) in [6.07, 6.45) is 0. The molecular formula is C14H13BrN2O5S. The number of non-ortho nitro benzene ring substituents is 1. The van der Waals surface area contributed by atoms with Crippen molar-refractivity contribution < 1.29 is 18.1 Å². The van der Waals surface area contributed by atoms with Gasteiger partial charge >= 0.3 is 0 Å². The first-order chi connectivity index (χ1) is 10.7. The van der Waals surface area contributed by atoms with Gasteiger partial charge in [-0.05, 0) is 46.6 Å². The first-order valence-corrected chi connectivity index (χ1v) is 8.63. The van der Waals surface area contributed by atoms with Crippen LogP contribution in [0, 0.1) is 17.0 Å². The predicted molar refractivity (Wildman–Crippen MR) is 89.3 cm³/mol. The molecule has 0 fully saturated rings. The molecule has 2 aromatic carbocycles. The zero-order valence-electron chi connectivity index (χ0n) is 12.2. The summed E-state index contributed by atoms with van der Waals surface area (Å²) >= 11 is 3.29. The molecule has 0 saturated heterocycles. The molecule has 0 heterocycles. The molecule has 0 atom stereocenters. The fourth-order valence-corrected chi connectivity index (χ4v) is 3.85. The van der Waals surface area contributed by atoms with E-state index in [2.05, 4.69) is 20.7 Å². The minimum Gasteiger partial charge on any atom is -0.495 e. The van der Waals surface area contributed by atoms with Crippen LogP contribution in [-0.4, -0.2) is 20.5 Å². The Kier molecular flexibility index (Phi) is 4.90. The van der Waals surface area contributed by atoms with Crippen LogP contribution in [0.5, 0.6) is 5.75 Å². The zero-order valence-corrected chi connectivity index (χ0v) is 14.6. The molecule has 0 amide bonds. The number of nitro benzene ring substituents is 1. The maximum absolute atomic E-state index is 12.5. The van der Waals surface area contributed by atoms with Gasteiger partial charge in [0.2, 0.25) is 0 Å². The molecule has 23 heavy (non-hydrogen) atoms. The van der Waals surface area contributed by atoms with Crippen LogP contribution >= 0.6 is 15.9 Å². The lowest BCUT2D eigenvalue weighted by Gasteiger charge is -2.12. The molecule has 0 bridgehead atoms. The van der Waals surface area contributed by atoms with Crippen LogP contribution in [0.2, 0.25) is 0 Å². The Morgan fingerprint density at radius 1 is 1.22 bits per heavy atom. The number of hydrogen-bond acceptors (Lipinski definition) is 5. The Hall–Kier alpha value is -2.13. The van der Waals surface area contributed by atoms with E-state index in [0.717, 1.165) is 23.8 Å². The van der Waals surface area contributed by atoms with Gasteiger partial charge in [0, 0.05) is 10.5 Å². The molecule has 1 N–H and O–H groups in total. The van der Waals surface area contributed by atoms with Gasteiger partial charge in [0.05, 0.1) is 23.8 Å². The van der Waals surface area contributed by atoms with Gasteiger partial charge in [-0.2, -0.15) is 0 Å². The van der Waals surface area contributed by atoms with Crippen molar-refractivity contribution in [2.24, 2.45) is 0 Å². The molecule has 0 saturated carbocycles. The van der Waals surface area contributed by atoms with Gasteiger partial charge in [-0.1, -0.05) is 6.07 Å². The van der Waals surface area contributed by atoms with Crippen LogP contribution in [0.1, 0.15) is 5.56 Å². The molecule has 7 nitrogen and oxygen atoms in total. The number of nitro groups is 1. The number of halogens is 1. The maximum atomic E-state index is 12.5. The van der Waals surface area contributed by atoms with Crippen molar-refractivity contribution in [2.75, 3.05) is 11.8 Å². The second kappa shape index (κ2) is 6.55. The normalized spacial score (nSPS) is 11.1. The molecule has 0 aliphatic heterocycles. The number of methoxy groups -OCH3 is 1. The van der Waals surface area contributed by atoms with Crippen LogP contribution in [0.25, 0.3) is 0 Å². The minimum atomic E-state index is -3.96. The average Bonchev–Trinajstić information content (AvgIpc) is 2.49. The third-order valence-corrected chi connectivity index (χ3v) is 5.08. The van der Waals surface area contributed by atoms with Crippen molar-refractivity contribution in [3.05, 3.63) is 56.5 Å². The van der Waals surface area contributed by atoms with Gasteiger partial charge in [0.1, 0.15) is 10.6 Å². The monoisotopic (exact) mass is 400 g/mol. The highest BCUT2D eigenvalue weighted by molar-refractivity contribution is 9.10. The molecule has 2 rings (SSSR count). The molecule has 0 unspecified atom stereocenters. The smallest absolute Gasteiger partial charge is 0.273 e. The zero-order chi connectivity index (χ0) is 17.2. The van der Waals surface area contributed by atoms with Crippen molar-refractivity contribution in [3.8, 4) is 5.75 Å². The fraction of sp³-hybridized carbons (Fsp3) is 0.143. The molecule has 0 aromatic heterocycles. The van der Waals surface area contributed by atoms with Gasteiger partial charge in [-0.25, -0.2) is 8.42 Å². The third kappa shape index (κ3) is 3.80. The quantitative estimate of drug-likeness (QED) is 0.611. The number of sulfonamides is 1. The summed E-state index contributed by atoms with van der Waals surface area (Å²) in [7, 11) is -2.71. The number of nitrogens with one attached hydrogen (secondary N) is 1. The van der Waals surface area contributed by atoms with Gasteiger partial charge in [0.25, 0.3) is 15.7 Å². The summed E-state index contributed by atoms with van der Waals surface area (Å²) in [5, 5.41) is 10.8. The molecule has 0 aliphatic carbocycles. The van der Waals surface area contributed by atoms with Gasteiger partial charge in [-0.3, -0.25) is 14.8 Å². The molecule has 0 aliphatic rings. The van der Waals surface area contributed by atoms with E-state index < -0.39 is 14.9 Å². The van der Waals surface area contributed by atoms with Gasteiger partial charge < -0.3 is 4.74 Å². The lowest BCUT2D eigenvalue weighted by molar-refractivity contribution is -0.385. The summed E-state index contributed by atoms with van der Waals surface area (Å²) < 4.78 is 33.0. The number of nitrogens with zero attached hydrogens (tertiary/aromatic N) is 1. The lowest BCUT2D eigenvalue weighted by atomic mass is 10.2. The molecule has 9 heteroatoms. The van der Waals surface area contributed by atoms with E-state index in [1.54, 1.807) is 18.2 Å². The topological polar surface area (TPSA) is 98.5 Å². The van der Waals surface area contributed by atoms with E-state index in [-0.39, 0.29) is 16.3 Å². The first-order valence-electron chi connectivity index (χ1n) is 6.36. The van der Waals surface area contributed by atoms with E-state index in [9.17, 15) is 18.5 Å². The largest absolute Gasteiger partial charge is 0.495 e. The second-order valence-electron chi connectivity index (χ2n) is 4.68. The highest BCUT2D eigenvalue weighted by atomic mass is 79.9. The standard InChI is InChI=1S/C14H13BrN2O5S/c1-9-3-5-12(11(15)7-9)16-23(20,21)14-6-4-10(17(18)19)8-13(14)22-2/h3-8,16H,1-2H3. The molecular weight excluding hydrogens is 388 g/mol. The van der Waals surface area contributed by atoms with E-state index in [4.69, 9.17) is 4.74 Å². The Morgan fingerprint density at radius 3 is 2.48 bits per heavy atom. The van der Waals surface area contributed by atoms with Crippen LogP contribution in [0.4, 0.5) is 11.4 Å². The average molecular weight is 401 g/mol. The molecule has 0 radical (unpaired) electrons. The maximum Gasteiger partial charge on any atom is 0.273 e. The van der Waals surface area contributed by atoms with Gasteiger partial charge in [0.15, 0.2) is 0 Å². The van der Waals surface area contributed by atoms with Crippen LogP contribution in [0.15, 0.2) is 45.8 Å². The number of anilines is 1. The van der Waals surface area contributed by atoms with Crippen molar-refractivity contribution >= 4 is 37.3 Å². The lowest BCUT2D eigenvalue weighted by Crippen LogP contribution is -2.14. The van der Waals surface area contributed by atoms with Crippen molar-refractivity contribution in [1.29, 1.82) is 0 Å². The van der Waals surface area contributed by atoms with Crippen LogP contribution < -0.4 is 9.46 Å². The number of rotatable bonds is 5. The molecule has 122 valence electrons. The first kappa shape index (κ1) is 17.2. The van der Waals surface area contributed by atoms with E-state index >= 15 is 0 Å². The highest BCUT2D eigenvalue weighted by Crippen LogP contribution is 2.31. The van der Waals surface area contributed by atoms with Crippen molar-refractivity contribution in [1.82, 2.24) is 0 Å². The molecule has 2 aromatic rings. The van der Waals surface area contributed by atoms with Crippen molar-refractivity contribution in [2.45, 2.75) is 11.8 Å². The summed E-state index contributed by atoms with van der Waals surface area (Å²) in [6, 6.07) is 8.47. The van der Waals surface area contributed by atoms with E-state index in [0.29, 0.717) is 10.2 Å². The Bertz CT molecular complexity index is 867. The van der Waals surface area contributed by atoms with Gasteiger partial charge in [-0.15, -0.1) is 0 Å². The number of ether oxygens (including phenoxy) is 1. The number of aryl methyl sites for hydroxylation is 1. The SMILES string of the molecule is COc1cc([N+](=O)[O-])ccc1S(=O)(=O)Nc1ccc(C)cc1Br. The summed E-state index contributed by atoms with van der Waals surface area (Å²) in [6.45, 7) is 1.88. The van der Waals surface area contributed by atoms with E-state index in [1.807, 2.05) is 6.92 Å². The van der Waals surface area contributed by atoms with Crippen LogP contribution in [0.3, 0.4) is 0 Å². The molecule has 0 spiro atoms. The highest BCUT2D eigenvalue weighted by Gasteiger charge is 2.23. The predicted octanol–water partition coefficient (Wildman–Crippen LogP) is 3.48. The Morgan fingerprint density at radius 2 is 1.91 bits per heavy atom. The summed E-state index contributed by atoms with van der Waals surface area (Å²) in [5.74, 6) is -0.102. The Balaban J connectivity index is 2.45. The van der Waals surface area contributed by atoms with Crippen LogP contribution in [-0.2, 0) is 10.0 Å². The van der Waals surface area contributed by atoms with Crippen molar-refractivity contribution in [3.63, 3.8) is 0 Å². The number of benzene rings is 2. The summed E-state index contributed by atoms with van der Waals surface area (Å²) in [4.78, 5) is 9.97. The third-order valence-electron chi connectivity index (χ3n) is 3.02. The number of hydrogen-bond donors (Lipinski definition) is 1. The fourth-order valence-electron chi connectivity index (χ4n) is 1.89. The minimum absolute atomic E-state index is 0.102. The Labute approximate surface area is 141 Å². The summed E-state index contributed by atoms with van der Waals surface area (Å²) in [5.41, 5.74) is 1.07.